The third kappa shape index (κ3) is 2.60. The van der Waals surface area contributed by atoms with Crippen LogP contribution >= 0.6 is 15.9 Å². The van der Waals surface area contributed by atoms with Crippen molar-refractivity contribution in [3.05, 3.63) is 32.8 Å². The minimum Gasteiger partial charge on any atom is -0.316 e. The highest BCUT2D eigenvalue weighted by atomic mass is 79.9. The summed E-state index contributed by atoms with van der Waals surface area (Å²) in [6.45, 7) is 7.75. The van der Waals surface area contributed by atoms with Crippen molar-refractivity contribution in [1.29, 1.82) is 0 Å². The number of hydrogen-bond donors (Lipinski definition) is 1. The summed E-state index contributed by atoms with van der Waals surface area (Å²) >= 11 is 3.60. The SMILES string of the molecule is CNCc1c(C)nn(Cc2c(Br)c(C)nn2C)c1C. The zero-order valence-electron chi connectivity index (χ0n) is 12.1. The van der Waals surface area contributed by atoms with Crippen molar-refractivity contribution in [1.82, 2.24) is 24.9 Å². The average Bonchev–Trinajstić information content (AvgIpc) is 2.75. The van der Waals surface area contributed by atoms with Gasteiger partial charge in [0, 0.05) is 24.8 Å². The summed E-state index contributed by atoms with van der Waals surface area (Å²) in [5.74, 6) is 0. The van der Waals surface area contributed by atoms with E-state index < -0.39 is 0 Å². The number of halogens is 1. The summed E-state index contributed by atoms with van der Waals surface area (Å²) in [5, 5.41) is 12.2. The van der Waals surface area contributed by atoms with Crippen LogP contribution in [0.3, 0.4) is 0 Å². The summed E-state index contributed by atoms with van der Waals surface area (Å²) in [7, 11) is 3.92. The van der Waals surface area contributed by atoms with Crippen molar-refractivity contribution in [2.75, 3.05) is 7.05 Å². The molecule has 0 atom stereocenters. The van der Waals surface area contributed by atoms with Crippen LogP contribution in [0.2, 0.25) is 0 Å². The molecular formula is C13H20BrN5. The number of hydrogen-bond acceptors (Lipinski definition) is 3. The van der Waals surface area contributed by atoms with E-state index in [0.29, 0.717) is 0 Å². The van der Waals surface area contributed by atoms with Crippen LogP contribution in [0, 0.1) is 20.8 Å². The molecule has 0 saturated carbocycles. The normalized spacial score (nSPS) is 11.3. The maximum Gasteiger partial charge on any atom is 0.0842 e. The first-order valence-corrected chi connectivity index (χ1v) is 7.10. The molecule has 2 aromatic heterocycles. The molecule has 2 heterocycles. The maximum absolute atomic E-state index is 4.63. The fourth-order valence-electron chi connectivity index (χ4n) is 2.31. The zero-order valence-corrected chi connectivity index (χ0v) is 13.7. The molecule has 19 heavy (non-hydrogen) atoms. The Labute approximate surface area is 122 Å². The van der Waals surface area contributed by atoms with E-state index in [4.69, 9.17) is 0 Å². The van der Waals surface area contributed by atoms with E-state index >= 15 is 0 Å². The van der Waals surface area contributed by atoms with Crippen molar-refractivity contribution in [2.45, 2.75) is 33.9 Å². The number of aryl methyl sites for hydroxylation is 3. The van der Waals surface area contributed by atoms with Crippen LogP contribution in [-0.2, 0) is 20.1 Å². The third-order valence-electron chi connectivity index (χ3n) is 3.45. The van der Waals surface area contributed by atoms with Crippen LogP contribution in [0.4, 0.5) is 0 Å². The Morgan fingerprint density at radius 3 is 2.37 bits per heavy atom. The Kier molecular flexibility index (Phi) is 4.10. The molecule has 0 amide bonds. The van der Waals surface area contributed by atoms with Gasteiger partial charge in [0.2, 0.25) is 0 Å². The predicted molar refractivity (Wildman–Crippen MR) is 79.2 cm³/mol. The smallest absolute Gasteiger partial charge is 0.0842 e. The van der Waals surface area contributed by atoms with E-state index in [1.165, 1.54) is 11.3 Å². The Morgan fingerprint density at radius 1 is 1.16 bits per heavy atom. The van der Waals surface area contributed by atoms with Crippen molar-refractivity contribution >= 4 is 15.9 Å². The van der Waals surface area contributed by atoms with Crippen molar-refractivity contribution < 1.29 is 0 Å². The molecule has 0 aliphatic carbocycles. The van der Waals surface area contributed by atoms with E-state index in [1.807, 2.05) is 30.4 Å². The Hall–Kier alpha value is -1.14. The largest absolute Gasteiger partial charge is 0.316 e. The van der Waals surface area contributed by atoms with Crippen LogP contribution in [-0.4, -0.2) is 26.6 Å². The quantitative estimate of drug-likeness (QED) is 0.936. The lowest BCUT2D eigenvalue weighted by Crippen LogP contribution is -2.10. The lowest BCUT2D eigenvalue weighted by molar-refractivity contribution is 0.601. The van der Waals surface area contributed by atoms with E-state index in [-0.39, 0.29) is 0 Å². The van der Waals surface area contributed by atoms with Crippen LogP contribution < -0.4 is 5.32 Å². The first-order chi connectivity index (χ1) is 8.95. The number of nitrogens with one attached hydrogen (secondary N) is 1. The summed E-state index contributed by atoms with van der Waals surface area (Å²) < 4.78 is 5.02. The van der Waals surface area contributed by atoms with Crippen LogP contribution in [0.1, 0.15) is 28.3 Å². The summed E-state index contributed by atoms with van der Waals surface area (Å²) in [4.78, 5) is 0. The van der Waals surface area contributed by atoms with E-state index in [9.17, 15) is 0 Å². The highest BCUT2D eigenvalue weighted by Gasteiger charge is 2.15. The predicted octanol–water partition coefficient (Wildman–Crippen LogP) is 2.07. The van der Waals surface area contributed by atoms with E-state index in [2.05, 4.69) is 45.3 Å². The van der Waals surface area contributed by atoms with Crippen molar-refractivity contribution in [3.8, 4) is 0 Å². The van der Waals surface area contributed by atoms with Crippen molar-refractivity contribution in [2.24, 2.45) is 7.05 Å². The molecule has 2 rings (SSSR count). The van der Waals surface area contributed by atoms with E-state index in [1.54, 1.807) is 0 Å². The molecule has 0 fully saturated rings. The highest BCUT2D eigenvalue weighted by Crippen LogP contribution is 2.22. The molecule has 0 bridgehead atoms. The molecule has 0 aliphatic rings. The van der Waals surface area contributed by atoms with Crippen molar-refractivity contribution in [3.63, 3.8) is 0 Å². The van der Waals surface area contributed by atoms with Gasteiger partial charge in [0.15, 0.2) is 0 Å². The lowest BCUT2D eigenvalue weighted by Gasteiger charge is -2.07. The maximum atomic E-state index is 4.63. The first kappa shape index (κ1) is 14.3. The second kappa shape index (κ2) is 5.46. The van der Waals surface area contributed by atoms with Gasteiger partial charge in [0.05, 0.1) is 28.1 Å². The molecule has 0 aromatic carbocycles. The van der Waals surface area contributed by atoms with Gasteiger partial charge in [-0.05, 0) is 43.7 Å². The average molecular weight is 326 g/mol. The van der Waals surface area contributed by atoms with Gasteiger partial charge in [-0.15, -0.1) is 0 Å². The molecule has 5 nitrogen and oxygen atoms in total. The standard InChI is InChI=1S/C13H20BrN5/c1-8-11(6-15-4)10(3)19(17-8)7-12-13(14)9(2)16-18(12)5/h15H,6-7H2,1-5H3. The first-order valence-electron chi connectivity index (χ1n) is 6.31. The van der Waals surface area contributed by atoms with Gasteiger partial charge < -0.3 is 5.32 Å². The lowest BCUT2D eigenvalue weighted by atomic mass is 10.2. The third-order valence-corrected chi connectivity index (χ3v) is 4.48. The second-order valence-electron chi connectivity index (χ2n) is 4.81. The molecule has 0 spiro atoms. The van der Waals surface area contributed by atoms with Crippen LogP contribution in [0.5, 0.6) is 0 Å². The molecule has 0 aliphatic heterocycles. The van der Waals surface area contributed by atoms with Gasteiger partial charge in [-0.2, -0.15) is 10.2 Å². The highest BCUT2D eigenvalue weighted by molar-refractivity contribution is 9.10. The fourth-order valence-corrected chi connectivity index (χ4v) is 2.78. The monoisotopic (exact) mass is 325 g/mol. The van der Waals surface area contributed by atoms with Gasteiger partial charge >= 0.3 is 0 Å². The summed E-state index contributed by atoms with van der Waals surface area (Å²) in [5.41, 5.74) is 5.71. The zero-order chi connectivity index (χ0) is 14.2. The second-order valence-corrected chi connectivity index (χ2v) is 5.60. The molecule has 1 N–H and O–H groups in total. The summed E-state index contributed by atoms with van der Waals surface area (Å²) in [6, 6.07) is 0. The topological polar surface area (TPSA) is 47.7 Å². The Bertz CT molecular complexity index is 597. The molecular weight excluding hydrogens is 306 g/mol. The van der Waals surface area contributed by atoms with Crippen LogP contribution in [0.15, 0.2) is 4.47 Å². The number of nitrogens with zero attached hydrogens (tertiary/aromatic N) is 4. The molecule has 6 heteroatoms. The molecule has 2 aromatic rings. The minimum atomic E-state index is 0.730. The number of rotatable bonds is 4. The molecule has 104 valence electrons. The van der Waals surface area contributed by atoms with Gasteiger partial charge in [0.1, 0.15) is 0 Å². The number of aromatic nitrogens is 4. The minimum absolute atomic E-state index is 0.730. The molecule has 0 unspecified atom stereocenters. The van der Waals surface area contributed by atoms with Gasteiger partial charge in [-0.1, -0.05) is 0 Å². The van der Waals surface area contributed by atoms with Gasteiger partial charge in [-0.25, -0.2) is 0 Å². The molecule has 0 radical (unpaired) electrons. The van der Waals surface area contributed by atoms with E-state index in [0.717, 1.165) is 34.6 Å². The van der Waals surface area contributed by atoms with Gasteiger partial charge in [-0.3, -0.25) is 9.36 Å². The summed E-state index contributed by atoms with van der Waals surface area (Å²) in [6.07, 6.45) is 0. The molecule has 0 saturated heterocycles. The fraction of sp³-hybridized carbons (Fsp3) is 0.538. The Morgan fingerprint density at radius 2 is 1.84 bits per heavy atom. The Balaban J connectivity index is 2.36. The van der Waals surface area contributed by atoms with Crippen LogP contribution in [0.25, 0.3) is 0 Å². The van der Waals surface area contributed by atoms with Gasteiger partial charge in [0.25, 0.3) is 0 Å².